The fourth-order valence-corrected chi connectivity index (χ4v) is 3.47. The van der Waals surface area contributed by atoms with Gasteiger partial charge >= 0.3 is 0 Å². The van der Waals surface area contributed by atoms with E-state index in [2.05, 4.69) is 11.4 Å². The second-order valence-electron chi connectivity index (χ2n) is 6.20. The highest BCUT2D eigenvalue weighted by Crippen LogP contribution is 2.31. The van der Waals surface area contributed by atoms with Gasteiger partial charge in [-0.25, -0.2) is 0 Å². The van der Waals surface area contributed by atoms with Crippen LogP contribution in [0.4, 0.5) is 0 Å². The second kappa shape index (κ2) is 6.80. The summed E-state index contributed by atoms with van der Waals surface area (Å²) >= 11 is 6.10. The van der Waals surface area contributed by atoms with Gasteiger partial charge in [0.2, 0.25) is 5.91 Å². The van der Waals surface area contributed by atoms with Gasteiger partial charge in [0, 0.05) is 31.1 Å². The smallest absolute Gasteiger partial charge is 0.223 e. The van der Waals surface area contributed by atoms with E-state index in [1.165, 1.54) is 19.3 Å². The fraction of sp³-hybridized carbons (Fsp3) is 0.588. The van der Waals surface area contributed by atoms with Crippen molar-refractivity contribution < 1.29 is 4.79 Å². The molecule has 1 saturated carbocycles. The van der Waals surface area contributed by atoms with Gasteiger partial charge in [-0.1, -0.05) is 43.0 Å². The number of nitrogens with zero attached hydrogens (tertiary/aromatic N) is 1. The lowest BCUT2D eigenvalue weighted by Gasteiger charge is -2.37. The van der Waals surface area contributed by atoms with Crippen LogP contribution < -0.4 is 5.32 Å². The molecule has 114 valence electrons. The quantitative estimate of drug-likeness (QED) is 0.925. The second-order valence-corrected chi connectivity index (χ2v) is 6.63. The number of benzene rings is 1. The first-order valence-electron chi connectivity index (χ1n) is 7.99. The molecule has 1 aromatic carbocycles. The molecule has 2 aliphatic rings. The van der Waals surface area contributed by atoms with Gasteiger partial charge in [0.25, 0.3) is 0 Å². The zero-order valence-corrected chi connectivity index (χ0v) is 13.1. The molecule has 1 aromatic rings. The third-order valence-corrected chi connectivity index (χ3v) is 5.02. The van der Waals surface area contributed by atoms with E-state index in [1.54, 1.807) is 0 Å². The topological polar surface area (TPSA) is 32.3 Å². The standard InChI is InChI=1S/C17H23ClN2O/c18-15-6-2-5-14(11-15)16-12-19-9-10-20(16)17(21)8-7-13-3-1-4-13/h2,5-6,11,13,16,19H,1,3-4,7-10,12H2. The monoisotopic (exact) mass is 306 g/mol. The van der Waals surface area contributed by atoms with Crippen molar-refractivity contribution in [3.8, 4) is 0 Å². The highest BCUT2D eigenvalue weighted by molar-refractivity contribution is 6.30. The number of amides is 1. The van der Waals surface area contributed by atoms with Crippen molar-refractivity contribution in [2.75, 3.05) is 19.6 Å². The van der Waals surface area contributed by atoms with E-state index < -0.39 is 0 Å². The Morgan fingerprint density at radius 1 is 1.38 bits per heavy atom. The third-order valence-electron chi connectivity index (χ3n) is 4.79. The Morgan fingerprint density at radius 2 is 2.24 bits per heavy atom. The third kappa shape index (κ3) is 3.58. The van der Waals surface area contributed by atoms with Gasteiger partial charge in [-0.15, -0.1) is 0 Å². The van der Waals surface area contributed by atoms with Crippen LogP contribution in [0, 0.1) is 5.92 Å². The van der Waals surface area contributed by atoms with Gasteiger partial charge in [-0.3, -0.25) is 4.79 Å². The molecular formula is C17H23ClN2O. The summed E-state index contributed by atoms with van der Waals surface area (Å²) < 4.78 is 0. The number of hydrogen-bond donors (Lipinski definition) is 1. The normalized spacial score (nSPS) is 22.9. The van der Waals surface area contributed by atoms with Crippen molar-refractivity contribution in [3.05, 3.63) is 34.9 Å². The molecule has 1 aliphatic carbocycles. The molecule has 1 saturated heterocycles. The SMILES string of the molecule is O=C(CCC1CCC1)N1CCNCC1c1cccc(Cl)c1. The Kier molecular flexibility index (Phi) is 4.81. The molecule has 21 heavy (non-hydrogen) atoms. The lowest BCUT2D eigenvalue weighted by Crippen LogP contribution is -2.48. The maximum absolute atomic E-state index is 12.6. The summed E-state index contributed by atoms with van der Waals surface area (Å²) in [6, 6.07) is 8.00. The molecule has 3 rings (SSSR count). The number of halogens is 1. The molecule has 1 amide bonds. The molecule has 1 N–H and O–H groups in total. The van der Waals surface area contributed by atoms with Crippen LogP contribution in [-0.2, 0) is 4.79 Å². The minimum atomic E-state index is 0.117. The molecular weight excluding hydrogens is 284 g/mol. The molecule has 1 unspecified atom stereocenters. The van der Waals surface area contributed by atoms with Crippen LogP contribution in [0.25, 0.3) is 0 Å². The highest BCUT2D eigenvalue weighted by Gasteiger charge is 2.28. The van der Waals surface area contributed by atoms with Crippen molar-refractivity contribution >= 4 is 17.5 Å². The number of carbonyl (C=O) groups is 1. The predicted octanol–water partition coefficient (Wildman–Crippen LogP) is 3.39. The number of piperazine rings is 1. The summed E-state index contributed by atoms with van der Waals surface area (Å²) in [6.45, 7) is 2.49. The Hall–Kier alpha value is -1.06. The fourth-order valence-electron chi connectivity index (χ4n) is 3.27. The van der Waals surface area contributed by atoms with Crippen LogP contribution in [0.2, 0.25) is 5.02 Å². The molecule has 0 spiro atoms. The largest absolute Gasteiger partial charge is 0.333 e. The lowest BCUT2D eigenvalue weighted by atomic mass is 9.82. The highest BCUT2D eigenvalue weighted by atomic mass is 35.5. The lowest BCUT2D eigenvalue weighted by molar-refractivity contribution is -0.135. The Morgan fingerprint density at radius 3 is 2.95 bits per heavy atom. The van der Waals surface area contributed by atoms with Crippen molar-refractivity contribution in [1.82, 2.24) is 10.2 Å². The average molecular weight is 307 g/mol. The number of carbonyl (C=O) groups excluding carboxylic acids is 1. The summed E-state index contributed by atoms with van der Waals surface area (Å²) in [5.74, 6) is 1.09. The van der Waals surface area contributed by atoms with Gasteiger partial charge in [-0.05, 0) is 30.0 Å². The van der Waals surface area contributed by atoms with Gasteiger partial charge < -0.3 is 10.2 Å². The van der Waals surface area contributed by atoms with Crippen molar-refractivity contribution in [3.63, 3.8) is 0 Å². The molecule has 3 nitrogen and oxygen atoms in total. The molecule has 4 heteroatoms. The van der Waals surface area contributed by atoms with E-state index in [0.717, 1.165) is 42.6 Å². The summed E-state index contributed by atoms with van der Waals surface area (Å²) in [4.78, 5) is 14.6. The van der Waals surface area contributed by atoms with Crippen molar-refractivity contribution in [1.29, 1.82) is 0 Å². The first-order valence-corrected chi connectivity index (χ1v) is 8.37. The van der Waals surface area contributed by atoms with Crippen LogP contribution in [0.1, 0.15) is 43.7 Å². The zero-order valence-electron chi connectivity index (χ0n) is 12.4. The van der Waals surface area contributed by atoms with E-state index in [0.29, 0.717) is 12.3 Å². The zero-order chi connectivity index (χ0) is 14.7. The van der Waals surface area contributed by atoms with Crippen LogP contribution in [0.3, 0.4) is 0 Å². The molecule has 0 radical (unpaired) electrons. The Balaban J connectivity index is 1.66. The molecule has 1 heterocycles. The van der Waals surface area contributed by atoms with Crippen LogP contribution in [-0.4, -0.2) is 30.4 Å². The number of nitrogens with one attached hydrogen (secondary N) is 1. The maximum atomic E-state index is 12.6. The maximum Gasteiger partial charge on any atom is 0.223 e. The minimum Gasteiger partial charge on any atom is -0.333 e. The molecule has 1 atom stereocenters. The van der Waals surface area contributed by atoms with Crippen LogP contribution in [0.5, 0.6) is 0 Å². The minimum absolute atomic E-state index is 0.117. The average Bonchev–Trinajstić information content (AvgIpc) is 2.45. The van der Waals surface area contributed by atoms with Gasteiger partial charge in [0.05, 0.1) is 6.04 Å². The van der Waals surface area contributed by atoms with E-state index in [9.17, 15) is 4.79 Å². The summed E-state index contributed by atoms with van der Waals surface area (Å²) in [5, 5.41) is 4.12. The first kappa shape index (κ1) is 14.9. The van der Waals surface area contributed by atoms with Crippen molar-refractivity contribution in [2.45, 2.75) is 38.1 Å². The number of rotatable bonds is 4. The number of hydrogen-bond acceptors (Lipinski definition) is 2. The predicted molar refractivity (Wildman–Crippen MR) is 85.4 cm³/mol. The summed E-state index contributed by atoms with van der Waals surface area (Å²) in [6.07, 6.45) is 5.73. The first-order chi connectivity index (χ1) is 10.2. The van der Waals surface area contributed by atoms with E-state index in [-0.39, 0.29) is 6.04 Å². The van der Waals surface area contributed by atoms with E-state index in [1.807, 2.05) is 23.1 Å². The van der Waals surface area contributed by atoms with Gasteiger partial charge in [0.15, 0.2) is 0 Å². The van der Waals surface area contributed by atoms with E-state index >= 15 is 0 Å². The van der Waals surface area contributed by atoms with Gasteiger partial charge in [-0.2, -0.15) is 0 Å². The van der Waals surface area contributed by atoms with E-state index in [4.69, 9.17) is 11.6 Å². The van der Waals surface area contributed by atoms with Gasteiger partial charge in [0.1, 0.15) is 0 Å². The molecule has 0 aromatic heterocycles. The Bertz CT molecular complexity index is 501. The van der Waals surface area contributed by atoms with Crippen LogP contribution in [0.15, 0.2) is 24.3 Å². The van der Waals surface area contributed by atoms with Crippen molar-refractivity contribution in [2.24, 2.45) is 5.92 Å². The molecule has 2 fully saturated rings. The Labute approximate surface area is 131 Å². The summed E-state index contributed by atoms with van der Waals surface area (Å²) in [7, 11) is 0. The van der Waals surface area contributed by atoms with Crippen LogP contribution >= 0.6 is 11.6 Å². The molecule has 0 bridgehead atoms. The summed E-state index contributed by atoms with van der Waals surface area (Å²) in [5.41, 5.74) is 1.13. The molecule has 1 aliphatic heterocycles.